The van der Waals surface area contributed by atoms with Gasteiger partial charge in [-0.3, -0.25) is 0 Å². The minimum atomic E-state index is -3.75. The Morgan fingerprint density at radius 1 is 1.19 bits per heavy atom. The van der Waals surface area contributed by atoms with Crippen LogP contribution >= 0.6 is 0 Å². The van der Waals surface area contributed by atoms with E-state index in [0.717, 1.165) is 19.3 Å². The molecule has 10 heteroatoms. The number of nitrogens with one attached hydrogen (secondary N) is 2. The zero-order chi connectivity index (χ0) is 22.6. The van der Waals surface area contributed by atoms with Gasteiger partial charge in [0.05, 0.1) is 30.0 Å². The summed E-state index contributed by atoms with van der Waals surface area (Å²) in [5, 5.41) is 2.95. The van der Waals surface area contributed by atoms with E-state index >= 15 is 0 Å². The van der Waals surface area contributed by atoms with Gasteiger partial charge in [0.1, 0.15) is 11.6 Å². The molecule has 0 spiro atoms. The van der Waals surface area contributed by atoms with Gasteiger partial charge in [0.25, 0.3) is 6.01 Å². The van der Waals surface area contributed by atoms with Crippen LogP contribution in [0.25, 0.3) is 11.3 Å². The molecular weight excluding hydrogens is 437 g/mol. The Bertz CT molecular complexity index is 1160. The van der Waals surface area contributed by atoms with Gasteiger partial charge in [-0.05, 0) is 61.7 Å². The molecule has 0 bridgehead atoms. The Morgan fingerprint density at radius 3 is 2.72 bits per heavy atom. The van der Waals surface area contributed by atoms with Crippen LogP contribution in [0.2, 0.25) is 0 Å². The predicted octanol–water partition coefficient (Wildman–Crippen LogP) is 4.08. The number of oxazole rings is 1. The first-order chi connectivity index (χ1) is 15.4. The highest BCUT2D eigenvalue weighted by Gasteiger charge is 2.21. The highest BCUT2D eigenvalue weighted by molar-refractivity contribution is 7.89. The first-order valence-corrected chi connectivity index (χ1v) is 11.7. The summed E-state index contributed by atoms with van der Waals surface area (Å²) >= 11 is 0. The number of hydrogen-bond acceptors (Lipinski definition) is 7. The standard InChI is InChI=1S/C22H24FN3O5S/c1-29-20-10-9-18(32(27,28)25-13-17-4-2-3-11-30-17)12-19(20)26-22-24-14-21(31-22)15-5-7-16(23)8-6-15/h5-10,12,14,17,25H,2-4,11,13H2,1H3,(H,24,26). The van der Waals surface area contributed by atoms with Crippen LogP contribution in [0.1, 0.15) is 19.3 Å². The molecule has 4 rings (SSSR count). The number of anilines is 2. The third-order valence-electron chi connectivity index (χ3n) is 5.13. The topological polar surface area (TPSA) is 103 Å². The summed E-state index contributed by atoms with van der Waals surface area (Å²) in [6.45, 7) is 0.872. The maximum Gasteiger partial charge on any atom is 0.299 e. The Hall–Kier alpha value is -2.95. The monoisotopic (exact) mass is 461 g/mol. The van der Waals surface area contributed by atoms with Gasteiger partial charge in [0, 0.05) is 18.7 Å². The van der Waals surface area contributed by atoms with Crippen LogP contribution in [0.15, 0.2) is 58.0 Å². The van der Waals surface area contributed by atoms with Crippen molar-refractivity contribution >= 4 is 21.7 Å². The summed E-state index contributed by atoms with van der Waals surface area (Å²) in [6, 6.07) is 10.4. The maximum absolute atomic E-state index is 13.1. The number of aromatic nitrogens is 1. The smallest absolute Gasteiger partial charge is 0.299 e. The largest absolute Gasteiger partial charge is 0.495 e. The highest BCUT2D eigenvalue weighted by Crippen LogP contribution is 2.31. The van der Waals surface area contributed by atoms with Crippen molar-refractivity contribution in [2.45, 2.75) is 30.3 Å². The summed E-state index contributed by atoms with van der Waals surface area (Å²) < 4.78 is 57.9. The summed E-state index contributed by atoms with van der Waals surface area (Å²) in [5.74, 6) is 0.503. The van der Waals surface area contributed by atoms with Crippen molar-refractivity contribution in [1.29, 1.82) is 0 Å². The third-order valence-corrected chi connectivity index (χ3v) is 6.55. The lowest BCUT2D eigenvalue weighted by molar-refractivity contribution is 0.0200. The van der Waals surface area contributed by atoms with Crippen molar-refractivity contribution in [2.24, 2.45) is 0 Å². The van der Waals surface area contributed by atoms with Gasteiger partial charge in [0.15, 0.2) is 5.76 Å². The number of ether oxygens (including phenoxy) is 2. The molecule has 0 aliphatic carbocycles. The number of rotatable bonds is 8. The van der Waals surface area contributed by atoms with Crippen molar-refractivity contribution in [3.05, 3.63) is 54.5 Å². The molecular formula is C22H24FN3O5S. The lowest BCUT2D eigenvalue weighted by Crippen LogP contribution is -2.35. The van der Waals surface area contributed by atoms with Gasteiger partial charge in [-0.1, -0.05) is 0 Å². The van der Waals surface area contributed by atoms with E-state index in [1.54, 1.807) is 18.2 Å². The second kappa shape index (κ2) is 9.68. The summed E-state index contributed by atoms with van der Waals surface area (Å²) in [6.07, 6.45) is 4.23. The maximum atomic E-state index is 13.1. The molecule has 1 aliphatic heterocycles. The average Bonchev–Trinajstić information content (AvgIpc) is 3.27. The van der Waals surface area contributed by atoms with Crippen LogP contribution in [0.5, 0.6) is 5.75 Å². The van der Waals surface area contributed by atoms with Crippen LogP contribution in [0.4, 0.5) is 16.1 Å². The number of sulfonamides is 1. The summed E-state index contributed by atoms with van der Waals surface area (Å²) in [4.78, 5) is 4.24. The highest BCUT2D eigenvalue weighted by atomic mass is 32.2. The molecule has 0 amide bonds. The molecule has 1 unspecified atom stereocenters. The van der Waals surface area contributed by atoms with Crippen LogP contribution in [0.3, 0.4) is 0 Å². The minimum Gasteiger partial charge on any atom is -0.495 e. The second-order valence-corrected chi connectivity index (χ2v) is 9.13. The second-order valence-electron chi connectivity index (χ2n) is 7.36. The number of nitrogens with zero attached hydrogens (tertiary/aromatic N) is 1. The molecule has 3 aromatic rings. The van der Waals surface area contributed by atoms with Crippen molar-refractivity contribution < 1.29 is 26.7 Å². The third kappa shape index (κ3) is 5.26. The normalized spacial score (nSPS) is 16.6. The Morgan fingerprint density at radius 2 is 2.00 bits per heavy atom. The zero-order valence-corrected chi connectivity index (χ0v) is 18.3. The van der Waals surface area contributed by atoms with Gasteiger partial charge in [-0.25, -0.2) is 22.5 Å². The van der Waals surface area contributed by atoms with Crippen molar-refractivity contribution in [3.8, 4) is 17.1 Å². The number of halogens is 1. The molecule has 1 atom stereocenters. The van der Waals surface area contributed by atoms with E-state index in [1.807, 2.05) is 0 Å². The fourth-order valence-corrected chi connectivity index (χ4v) is 4.49. The minimum absolute atomic E-state index is 0.0712. The van der Waals surface area contributed by atoms with E-state index < -0.39 is 10.0 Å². The fraction of sp³-hybridized carbons (Fsp3) is 0.318. The lowest BCUT2D eigenvalue weighted by Gasteiger charge is -2.22. The molecule has 0 radical (unpaired) electrons. The van der Waals surface area contributed by atoms with Crippen molar-refractivity contribution in [3.63, 3.8) is 0 Å². The van der Waals surface area contributed by atoms with Gasteiger partial charge in [0.2, 0.25) is 10.0 Å². The van der Waals surface area contributed by atoms with Crippen molar-refractivity contribution in [1.82, 2.24) is 9.71 Å². The van der Waals surface area contributed by atoms with E-state index in [2.05, 4.69) is 15.0 Å². The predicted molar refractivity (Wildman–Crippen MR) is 117 cm³/mol. The van der Waals surface area contributed by atoms with Crippen LogP contribution in [-0.4, -0.2) is 39.8 Å². The molecule has 32 heavy (non-hydrogen) atoms. The zero-order valence-electron chi connectivity index (χ0n) is 17.5. The van der Waals surface area contributed by atoms with Gasteiger partial charge in [-0.2, -0.15) is 0 Å². The van der Waals surface area contributed by atoms with Crippen LogP contribution in [0, 0.1) is 5.82 Å². The number of hydrogen-bond donors (Lipinski definition) is 2. The molecule has 0 saturated carbocycles. The molecule has 1 aromatic heterocycles. The Kier molecular flexibility index (Phi) is 6.73. The average molecular weight is 462 g/mol. The molecule has 1 aliphatic rings. The van der Waals surface area contributed by atoms with E-state index in [0.29, 0.717) is 29.4 Å². The van der Waals surface area contributed by atoms with Crippen LogP contribution in [-0.2, 0) is 14.8 Å². The Balaban J connectivity index is 1.51. The first-order valence-electron chi connectivity index (χ1n) is 10.2. The van der Waals surface area contributed by atoms with E-state index in [1.165, 1.54) is 37.6 Å². The number of methoxy groups -OCH3 is 1. The van der Waals surface area contributed by atoms with E-state index in [9.17, 15) is 12.8 Å². The molecule has 1 fully saturated rings. The summed E-state index contributed by atoms with van der Waals surface area (Å²) in [7, 11) is -2.27. The molecule has 2 aromatic carbocycles. The first kappa shape index (κ1) is 22.3. The number of benzene rings is 2. The molecule has 2 heterocycles. The van der Waals surface area contributed by atoms with Gasteiger partial charge in [-0.15, -0.1) is 0 Å². The SMILES string of the molecule is COc1ccc(S(=O)(=O)NCC2CCCCO2)cc1Nc1ncc(-c2ccc(F)cc2)o1. The molecule has 1 saturated heterocycles. The van der Waals surface area contributed by atoms with E-state index in [4.69, 9.17) is 13.9 Å². The van der Waals surface area contributed by atoms with Gasteiger partial charge >= 0.3 is 0 Å². The molecule has 170 valence electrons. The quantitative estimate of drug-likeness (QED) is 0.521. The van der Waals surface area contributed by atoms with Crippen molar-refractivity contribution in [2.75, 3.05) is 25.6 Å². The van der Waals surface area contributed by atoms with Crippen LogP contribution < -0.4 is 14.8 Å². The Labute approximate surface area is 185 Å². The lowest BCUT2D eigenvalue weighted by atomic mass is 10.1. The molecule has 8 nitrogen and oxygen atoms in total. The summed E-state index contributed by atoms with van der Waals surface area (Å²) in [5.41, 5.74) is 1.03. The molecule has 2 N–H and O–H groups in total. The van der Waals surface area contributed by atoms with Gasteiger partial charge < -0.3 is 19.2 Å². The van der Waals surface area contributed by atoms with E-state index in [-0.39, 0.29) is 29.4 Å². The fourth-order valence-electron chi connectivity index (χ4n) is 3.40.